The number of H-pyrrole nitrogens is 2. The number of nitrogens with zero attached hydrogens (tertiary/aromatic N) is 8. The maximum absolute atomic E-state index is 10.6. The molecule has 4 rings (SSSR count). The summed E-state index contributed by atoms with van der Waals surface area (Å²) in [4.78, 5) is 33.8. The average molecular weight is 485 g/mol. The van der Waals surface area contributed by atoms with Crippen LogP contribution in [0.3, 0.4) is 0 Å². The van der Waals surface area contributed by atoms with Gasteiger partial charge in [0.05, 0.1) is 0 Å². The molecule has 0 saturated heterocycles. The fourth-order valence-corrected chi connectivity index (χ4v) is 1.48. The van der Waals surface area contributed by atoms with E-state index in [1.54, 1.807) is 12.4 Å². The Hall–Kier alpha value is -3.29. The summed E-state index contributed by atoms with van der Waals surface area (Å²) >= 11 is 7.40. The maximum atomic E-state index is 10.6. The van der Waals surface area contributed by atoms with Crippen LogP contribution in [-0.4, -0.2) is 49.5 Å². The second-order valence-electron chi connectivity index (χ2n) is 3.85. The van der Waals surface area contributed by atoms with Crippen LogP contribution in [0.2, 0.25) is 0 Å². The molecule has 4 aromatic heterocycles. The number of thiocarbonyl (C=S) groups is 2. The Morgan fingerprint density at radius 3 is 1.45 bits per heavy atom. The minimum absolute atomic E-state index is 0. The van der Waals surface area contributed by atoms with Crippen molar-refractivity contribution in [3.8, 4) is 0 Å². The monoisotopic (exact) mass is 484 g/mol. The van der Waals surface area contributed by atoms with Gasteiger partial charge < -0.3 is 21.8 Å². The molecule has 0 aliphatic heterocycles. The van der Waals surface area contributed by atoms with E-state index in [0.29, 0.717) is 11.6 Å². The van der Waals surface area contributed by atoms with Gasteiger partial charge in [-0.15, -0.1) is 0 Å². The number of fused-ring (bicyclic) bond motifs is 2. The molecule has 0 spiro atoms. The largest absolute Gasteiger partial charge is 2.00 e. The van der Waals surface area contributed by atoms with Gasteiger partial charge in [-0.2, -0.15) is 30.5 Å². The summed E-state index contributed by atoms with van der Waals surface area (Å²) in [5, 5.41) is 24.5. The molecule has 17 heteroatoms. The number of rotatable bonds is 0. The van der Waals surface area contributed by atoms with Gasteiger partial charge >= 0.3 is 16.5 Å². The third kappa shape index (κ3) is 10.6. The van der Waals surface area contributed by atoms with Crippen molar-refractivity contribution >= 4 is 46.3 Å². The fourth-order valence-electron chi connectivity index (χ4n) is 1.48. The molecular weight excluding hydrogens is 471 g/mol. The van der Waals surface area contributed by atoms with Gasteiger partial charge in [0.1, 0.15) is 12.7 Å². The standard InChI is InChI=1S/2C5H4N4O.2CNS.Ni.2H2O/c2*10-4-1-2-9-5(8-4)6-3-7-9;2*2-1-3;;;/h2*1-3H,(H,6,7,8,10);;;;2*1H2/q;;2*-1;+2;;/p+2. The zero-order chi connectivity index (χ0) is 19.4. The molecule has 29 heavy (non-hydrogen) atoms. The molecule has 0 aliphatic carbocycles. The molecule has 0 bridgehead atoms. The van der Waals surface area contributed by atoms with Crippen molar-refractivity contribution in [2.75, 3.05) is 0 Å². The summed E-state index contributed by atoms with van der Waals surface area (Å²) in [7, 11) is 0. The molecule has 0 saturated carbocycles. The quantitative estimate of drug-likeness (QED) is 0.126. The summed E-state index contributed by atoms with van der Waals surface area (Å²) in [6, 6.07) is 2.78. The molecule has 14 nitrogen and oxygen atoms in total. The number of aromatic nitrogens is 8. The predicted molar refractivity (Wildman–Crippen MR) is 109 cm³/mol. The van der Waals surface area contributed by atoms with Gasteiger partial charge in [0.15, 0.2) is 0 Å². The summed E-state index contributed by atoms with van der Waals surface area (Å²) in [5.41, 5.74) is -0.332. The van der Waals surface area contributed by atoms with E-state index in [2.05, 4.69) is 54.6 Å². The Morgan fingerprint density at radius 1 is 0.828 bits per heavy atom. The van der Waals surface area contributed by atoms with Crippen molar-refractivity contribution in [2.24, 2.45) is 0 Å². The topological polar surface area (TPSA) is 237 Å². The van der Waals surface area contributed by atoms with Crippen molar-refractivity contribution in [3.05, 3.63) is 68.7 Å². The summed E-state index contributed by atoms with van der Waals surface area (Å²) in [6.45, 7) is 0. The first-order valence-electron chi connectivity index (χ1n) is 6.35. The van der Waals surface area contributed by atoms with E-state index < -0.39 is 0 Å². The van der Waals surface area contributed by atoms with Crippen molar-refractivity contribution in [3.63, 3.8) is 0 Å². The summed E-state index contributed by atoms with van der Waals surface area (Å²) < 4.78 is 2.97. The maximum Gasteiger partial charge on any atom is 2.00 e. The second-order valence-corrected chi connectivity index (χ2v) is 4.21. The van der Waals surface area contributed by atoms with Crippen LogP contribution in [-0.2, 0) is 27.4 Å². The number of isothiocyanates is 2. The van der Waals surface area contributed by atoms with E-state index in [9.17, 15) is 9.59 Å². The zero-order valence-electron chi connectivity index (χ0n) is 14.1. The smallest absolute Gasteiger partial charge is 0.753 e. The molecule has 156 valence electrons. The molecule has 0 fully saturated rings. The third-order valence-electron chi connectivity index (χ3n) is 2.35. The molecule has 0 aliphatic rings. The van der Waals surface area contributed by atoms with Crippen LogP contribution in [0.25, 0.3) is 22.4 Å². The Bertz CT molecular complexity index is 1070. The van der Waals surface area contributed by atoms with E-state index in [0.717, 1.165) is 0 Å². The van der Waals surface area contributed by atoms with Gasteiger partial charge in [-0.05, 0) is 0 Å². The minimum atomic E-state index is -0.166. The molecule has 0 radical (unpaired) electrons. The first-order chi connectivity index (χ1) is 12.5. The normalized spacial score (nSPS) is 7.72. The van der Waals surface area contributed by atoms with Gasteiger partial charge in [0.25, 0.3) is 11.1 Å². The Labute approximate surface area is 181 Å². The molecular formula is C12H14N10NiO4S2+2. The van der Waals surface area contributed by atoms with Crippen LogP contribution < -0.4 is 11.1 Å². The molecule has 0 aromatic carbocycles. The Morgan fingerprint density at radius 2 is 1.14 bits per heavy atom. The van der Waals surface area contributed by atoms with Crippen molar-refractivity contribution in [2.45, 2.75) is 0 Å². The SMILES string of the molecule is O=c1ccn2ncnc2[nH]1.O=c1ccn2ncnc2[nH]1.[N-]=C=S.[N-]=C=S.[Ni+2].[OH3+].[OH3+]. The first-order valence-corrected chi connectivity index (χ1v) is 7.17. The van der Waals surface area contributed by atoms with Crippen LogP contribution in [0, 0.1) is 0 Å². The van der Waals surface area contributed by atoms with Gasteiger partial charge in [-0.3, -0.25) is 19.6 Å². The molecule has 4 aromatic rings. The Kier molecular flexibility index (Phi) is 17.7. The predicted octanol–water partition coefficient (Wildman–Crippen LogP) is -1.69. The zero-order valence-corrected chi connectivity index (χ0v) is 16.8. The second kappa shape index (κ2) is 16.9. The molecule has 0 unspecified atom stereocenters. The molecule has 8 N–H and O–H groups in total. The number of nitrogens with one attached hydrogen (secondary N) is 2. The van der Waals surface area contributed by atoms with E-state index in [-0.39, 0.29) is 38.6 Å². The first kappa shape index (κ1) is 30.4. The molecule has 4 heterocycles. The fraction of sp³-hybridized carbons (Fsp3) is 0. The minimum Gasteiger partial charge on any atom is -0.753 e. The van der Waals surface area contributed by atoms with Crippen LogP contribution >= 0.6 is 24.4 Å². The molecule has 0 atom stereocenters. The third-order valence-corrected chi connectivity index (χ3v) is 2.35. The van der Waals surface area contributed by atoms with E-state index in [1.807, 2.05) is 0 Å². The summed E-state index contributed by atoms with van der Waals surface area (Å²) in [5.74, 6) is 0.931. The van der Waals surface area contributed by atoms with E-state index in [4.69, 9.17) is 10.8 Å². The number of aromatic amines is 2. The Balaban J connectivity index is -0.000000341. The van der Waals surface area contributed by atoms with E-state index in [1.165, 1.54) is 44.1 Å². The van der Waals surface area contributed by atoms with Crippen LogP contribution in [0.4, 0.5) is 0 Å². The van der Waals surface area contributed by atoms with Crippen molar-refractivity contribution in [1.82, 2.24) is 39.2 Å². The van der Waals surface area contributed by atoms with Crippen LogP contribution in [0.1, 0.15) is 0 Å². The van der Waals surface area contributed by atoms with Gasteiger partial charge in [0, 0.05) is 24.5 Å². The number of hydrogen-bond acceptors (Lipinski definition) is 8. The average Bonchev–Trinajstić information content (AvgIpc) is 3.24. The van der Waals surface area contributed by atoms with Gasteiger partial charge in [-0.25, -0.2) is 9.03 Å². The van der Waals surface area contributed by atoms with E-state index >= 15 is 0 Å². The molecule has 0 amide bonds. The van der Waals surface area contributed by atoms with Crippen molar-refractivity contribution in [1.29, 1.82) is 0 Å². The van der Waals surface area contributed by atoms with Gasteiger partial charge in [-0.1, -0.05) is 24.4 Å². The summed E-state index contributed by atoms with van der Waals surface area (Å²) in [6.07, 6.45) is 5.87. The van der Waals surface area contributed by atoms with Gasteiger partial charge in [0.2, 0.25) is 11.6 Å². The van der Waals surface area contributed by atoms with Crippen molar-refractivity contribution < 1.29 is 27.4 Å². The number of hydrogen-bond donors (Lipinski definition) is 2. The van der Waals surface area contributed by atoms with Crippen LogP contribution in [0.15, 0.2) is 46.8 Å². The van der Waals surface area contributed by atoms with Crippen LogP contribution in [0.5, 0.6) is 0 Å².